The number of aliphatic hydroxyl groups excluding tert-OH is 1. The average molecular weight is 150 g/mol. The zero-order valence-corrected chi connectivity index (χ0v) is 5.56. The van der Waals surface area contributed by atoms with E-state index in [1.165, 1.54) is 6.54 Å². The van der Waals surface area contributed by atoms with E-state index < -0.39 is 10.0 Å². The molecule has 0 aliphatic carbocycles. The molecule has 1 unspecified atom stereocenters. The Labute approximate surface area is 53.9 Å². The van der Waals surface area contributed by atoms with Crippen LogP contribution in [0.1, 0.15) is 0 Å². The quantitative estimate of drug-likeness (QED) is 0.487. The highest BCUT2D eigenvalue weighted by Gasteiger charge is 2.26. The van der Waals surface area contributed by atoms with Gasteiger partial charge in [-0.25, -0.2) is 13.1 Å². The fourth-order valence-electron chi connectivity index (χ4n) is 0.683. The summed E-state index contributed by atoms with van der Waals surface area (Å²) in [5, 5.41) is 8.46. The predicted molar refractivity (Wildman–Crippen MR) is 31.8 cm³/mol. The summed E-state index contributed by atoms with van der Waals surface area (Å²) in [5.74, 6) is -0.209. The average Bonchev–Trinajstić information content (AvgIpc) is 2.10. The van der Waals surface area contributed by atoms with E-state index in [0.717, 1.165) is 0 Å². The van der Waals surface area contributed by atoms with Gasteiger partial charge in [-0.05, 0) is 0 Å². The molecule has 1 atom stereocenters. The zero-order chi connectivity index (χ0) is 6.91. The molecule has 5 heteroatoms. The van der Waals surface area contributed by atoms with Gasteiger partial charge in [0.15, 0.2) is 0 Å². The van der Waals surface area contributed by atoms with Crippen LogP contribution in [-0.4, -0.2) is 25.9 Å². The van der Waals surface area contributed by atoms with Gasteiger partial charge in [-0.1, -0.05) is 0 Å². The van der Waals surface area contributed by atoms with Crippen LogP contribution in [0.25, 0.3) is 0 Å². The van der Waals surface area contributed by atoms with Crippen LogP contribution in [0, 0.1) is 12.5 Å². The van der Waals surface area contributed by atoms with E-state index >= 15 is 0 Å². The molecular formula is C4H8NO3S. The Bertz CT molecular complexity index is 186. The van der Waals surface area contributed by atoms with Crippen molar-refractivity contribution in [3.63, 3.8) is 0 Å². The summed E-state index contributed by atoms with van der Waals surface area (Å²) in [7, 11) is -3.07. The van der Waals surface area contributed by atoms with Gasteiger partial charge in [0.1, 0.15) is 0 Å². The molecule has 1 aliphatic heterocycles. The van der Waals surface area contributed by atoms with E-state index in [1.54, 1.807) is 0 Å². The van der Waals surface area contributed by atoms with E-state index in [1.807, 2.05) is 0 Å². The van der Waals surface area contributed by atoms with Crippen LogP contribution in [0.5, 0.6) is 0 Å². The molecule has 1 aliphatic rings. The third-order valence-corrected chi connectivity index (χ3v) is 2.51. The molecule has 0 bridgehead atoms. The second-order valence-corrected chi connectivity index (χ2v) is 3.81. The van der Waals surface area contributed by atoms with Crippen LogP contribution in [-0.2, 0) is 10.0 Å². The lowest BCUT2D eigenvalue weighted by Crippen LogP contribution is -2.13. The number of sulfonamides is 1. The monoisotopic (exact) mass is 150 g/mol. The topological polar surface area (TPSA) is 66.4 Å². The van der Waals surface area contributed by atoms with E-state index in [2.05, 4.69) is 4.72 Å². The number of rotatable bonds is 1. The molecule has 0 aromatic carbocycles. The molecule has 1 saturated heterocycles. The summed E-state index contributed by atoms with van der Waals surface area (Å²) in [6, 6.07) is 0. The molecule has 0 spiro atoms. The van der Waals surface area contributed by atoms with Crippen LogP contribution in [0.2, 0.25) is 0 Å². The van der Waals surface area contributed by atoms with Gasteiger partial charge < -0.3 is 5.11 Å². The fourth-order valence-corrected chi connectivity index (χ4v) is 1.94. The van der Waals surface area contributed by atoms with Gasteiger partial charge in [-0.2, -0.15) is 0 Å². The van der Waals surface area contributed by atoms with Gasteiger partial charge in [0.2, 0.25) is 10.0 Å². The van der Waals surface area contributed by atoms with Gasteiger partial charge >= 0.3 is 0 Å². The number of aliphatic hydroxyl groups is 1. The van der Waals surface area contributed by atoms with Crippen LogP contribution in [0.4, 0.5) is 0 Å². The molecule has 1 fully saturated rings. The molecule has 0 amide bonds. The van der Waals surface area contributed by atoms with Crippen molar-refractivity contribution in [2.45, 2.75) is 0 Å². The Hall–Kier alpha value is -0.130. The Morgan fingerprint density at radius 3 is 2.67 bits per heavy atom. The smallest absolute Gasteiger partial charge is 0.212 e. The Kier molecular flexibility index (Phi) is 1.74. The minimum Gasteiger partial charge on any atom is -0.396 e. The van der Waals surface area contributed by atoms with Crippen molar-refractivity contribution >= 4 is 10.0 Å². The van der Waals surface area contributed by atoms with Crippen molar-refractivity contribution in [3.05, 3.63) is 6.54 Å². The first kappa shape index (κ1) is 6.98. The fraction of sp³-hybridized carbons (Fsp3) is 0.750. The molecule has 0 aromatic heterocycles. The first-order chi connectivity index (χ1) is 4.14. The van der Waals surface area contributed by atoms with Crippen molar-refractivity contribution in [1.29, 1.82) is 0 Å². The molecule has 53 valence electrons. The third-order valence-electron chi connectivity index (χ3n) is 1.15. The molecule has 0 aromatic rings. The summed E-state index contributed by atoms with van der Waals surface area (Å²) in [6.45, 7) is 1.29. The molecule has 1 rings (SSSR count). The lowest BCUT2D eigenvalue weighted by atomic mass is 10.2. The van der Waals surface area contributed by atoms with E-state index in [0.29, 0.717) is 0 Å². The van der Waals surface area contributed by atoms with Crippen molar-refractivity contribution in [2.24, 2.45) is 5.92 Å². The number of nitrogens with one attached hydrogen (secondary N) is 1. The molecule has 0 saturated carbocycles. The largest absolute Gasteiger partial charge is 0.396 e. The van der Waals surface area contributed by atoms with Crippen molar-refractivity contribution in [1.82, 2.24) is 4.72 Å². The van der Waals surface area contributed by atoms with Gasteiger partial charge in [0.25, 0.3) is 0 Å². The predicted octanol–water partition coefficient (Wildman–Crippen LogP) is -1.31. The highest BCUT2D eigenvalue weighted by molar-refractivity contribution is 7.89. The summed E-state index contributed by atoms with van der Waals surface area (Å²) in [6.07, 6.45) is 0. The minimum absolute atomic E-state index is 0.0174. The standard InChI is InChI=1S/C4H8NO3S/c6-2-4-1-5-9(7,8)3-4/h1,4-6H,2-3H2. The van der Waals surface area contributed by atoms with Crippen molar-refractivity contribution in [3.8, 4) is 0 Å². The van der Waals surface area contributed by atoms with Gasteiger partial charge in [0.05, 0.1) is 5.75 Å². The highest BCUT2D eigenvalue weighted by atomic mass is 32.2. The third kappa shape index (κ3) is 1.64. The second-order valence-electron chi connectivity index (χ2n) is 2.01. The van der Waals surface area contributed by atoms with E-state index in [4.69, 9.17) is 5.11 Å². The van der Waals surface area contributed by atoms with Crippen LogP contribution < -0.4 is 4.72 Å². The Balaban J connectivity index is 2.58. The maximum atomic E-state index is 10.5. The van der Waals surface area contributed by atoms with Gasteiger partial charge in [-0.3, -0.25) is 0 Å². The minimum atomic E-state index is -3.07. The van der Waals surface area contributed by atoms with E-state index in [-0.39, 0.29) is 18.3 Å². The Morgan fingerprint density at radius 2 is 2.44 bits per heavy atom. The molecule has 1 heterocycles. The van der Waals surface area contributed by atoms with Crippen LogP contribution in [0.3, 0.4) is 0 Å². The van der Waals surface area contributed by atoms with Crippen LogP contribution in [0.15, 0.2) is 0 Å². The zero-order valence-electron chi connectivity index (χ0n) is 4.74. The number of hydrogen-bond acceptors (Lipinski definition) is 3. The number of hydrogen-bond donors (Lipinski definition) is 2. The van der Waals surface area contributed by atoms with Gasteiger partial charge in [0, 0.05) is 19.1 Å². The SMILES string of the molecule is O=S1(=O)CC(CO)[CH]N1. The maximum Gasteiger partial charge on any atom is 0.212 e. The lowest BCUT2D eigenvalue weighted by Gasteiger charge is -1.95. The molecule has 1 radical (unpaired) electrons. The van der Waals surface area contributed by atoms with Crippen molar-refractivity contribution in [2.75, 3.05) is 12.4 Å². The van der Waals surface area contributed by atoms with Crippen LogP contribution >= 0.6 is 0 Å². The molecule has 9 heavy (non-hydrogen) atoms. The lowest BCUT2D eigenvalue weighted by molar-refractivity contribution is 0.257. The highest BCUT2D eigenvalue weighted by Crippen LogP contribution is 2.10. The maximum absolute atomic E-state index is 10.5. The summed E-state index contributed by atoms with van der Waals surface area (Å²) in [5.41, 5.74) is 0. The Morgan fingerprint density at radius 1 is 1.78 bits per heavy atom. The summed E-state index contributed by atoms with van der Waals surface area (Å²) in [4.78, 5) is 0. The van der Waals surface area contributed by atoms with Gasteiger partial charge in [-0.15, -0.1) is 0 Å². The van der Waals surface area contributed by atoms with E-state index in [9.17, 15) is 8.42 Å². The van der Waals surface area contributed by atoms with Crippen molar-refractivity contribution < 1.29 is 13.5 Å². The summed E-state index contributed by atoms with van der Waals surface area (Å²) < 4.78 is 23.3. The second kappa shape index (κ2) is 2.24. The first-order valence-corrected chi connectivity index (χ1v) is 4.23. The normalized spacial score (nSPS) is 32.8. The molecule has 4 nitrogen and oxygen atoms in total. The summed E-state index contributed by atoms with van der Waals surface area (Å²) >= 11 is 0. The first-order valence-electron chi connectivity index (χ1n) is 2.58. The molecular weight excluding hydrogens is 142 g/mol. The molecule has 2 N–H and O–H groups in total.